The summed E-state index contributed by atoms with van der Waals surface area (Å²) in [4.78, 5) is 72.8. The van der Waals surface area contributed by atoms with E-state index in [9.17, 15) is 19.2 Å². The van der Waals surface area contributed by atoms with Gasteiger partial charge >= 0.3 is 12.2 Å². The molecule has 0 radical (unpaired) electrons. The van der Waals surface area contributed by atoms with Crippen LogP contribution in [0.3, 0.4) is 0 Å². The summed E-state index contributed by atoms with van der Waals surface area (Å²) in [6.07, 6.45) is 2.81. The maximum atomic E-state index is 14.2. The molecule has 0 saturated carbocycles. The fourth-order valence-electron chi connectivity index (χ4n) is 9.30. The van der Waals surface area contributed by atoms with Crippen LogP contribution in [0.1, 0.15) is 80.9 Å². The molecule has 0 aliphatic carbocycles. The molecule has 320 valence electrons. The fourth-order valence-corrected chi connectivity index (χ4v) is 9.30. The summed E-state index contributed by atoms with van der Waals surface area (Å²) in [7, 11) is 2.57. The van der Waals surface area contributed by atoms with Crippen molar-refractivity contribution in [3.05, 3.63) is 102 Å². The molecule has 4 aromatic carbocycles. The van der Waals surface area contributed by atoms with Gasteiger partial charge in [0, 0.05) is 24.0 Å². The van der Waals surface area contributed by atoms with Gasteiger partial charge in [0.05, 0.1) is 49.2 Å². The van der Waals surface area contributed by atoms with Crippen molar-refractivity contribution in [2.75, 3.05) is 27.3 Å². The summed E-state index contributed by atoms with van der Waals surface area (Å²) in [6, 6.07) is 21.6. The number of aromatic nitrogens is 4. The molecule has 15 nitrogen and oxygen atoms in total. The molecule has 4 amide bonds. The molecule has 2 aromatic heterocycles. The Bertz CT molecular complexity index is 2690. The van der Waals surface area contributed by atoms with Crippen LogP contribution in [0.2, 0.25) is 0 Å². The molecule has 2 saturated heterocycles. The highest BCUT2D eigenvalue weighted by Crippen LogP contribution is 2.44. The number of rotatable bonds is 9. The lowest BCUT2D eigenvalue weighted by Crippen LogP contribution is -2.51. The summed E-state index contributed by atoms with van der Waals surface area (Å²) in [5, 5.41) is 7.39. The van der Waals surface area contributed by atoms with Crippen LogP contribution in [0.5, 0.6) is 5.75 Å². The molecule has 3 aliphatic heterocycles. The number of methoxy groups -OCH3 is 2. The smallest absolute Gasteiger partial charge is 0.407 e. The van der Waals surface area contributed by atoms with Gasteiger partial charge in [-0.25, -0.2) is 19.6 Å². The van der Waals surface area contributed by atoms with E-state index in [0.29, 0.717) is 43.3 Å². The first kappa shape index (κ1) is 40.5. The third-order valence-corrected chi connectivity index (χ3v) is 12.5. The Kier molecular flexibility index (Phi) is 10.8. The number of carbonyl (C=O) groups is 4. The van der Waals surface area contributed by atoms with E-state index in [4.69, 9.17) is 24.2 Å². The number of imidazole rings is 2. The number of nitrogens with zero attached hydrogens (tertiary/aromatic N) is 4. The Hall–Kier alpha value is -6.90. The lowest BCUT2D eigenvalue weighted by atomic mass is 9.92. The van der Waals surface area contributed by atoms with Crippen molar-refractivity contribution in [2.45, 2.75) is 70.8 Å². The van der Waals surface area contributed by atoms with Gasteiger partial charge in [-0.15, -0.1) is 0 Å². The molecule has 62 heavy (non-hydrogen) atoms. The summed E-state index contributed by atoms with van der Waals surface area (Å²) in [6.45, 7) is 7.39. The Labute approximate surface area is 358 Å². The van der Waals surface area contributed by atoms with Crippen LogP contribution < -0.4 is 15.4 Å². The Morgan fingerprint density at radius 2 is 1.65 bits per heavy atom. The van der Waals surface area contributed by atoms with Crippen LogP contribution in [-0.4, -0.2) is 87.1 Å². The summed E-state index contributed by atoms with van der Waals surface area (Å²) < 4.78 is 16.1. The lowest BCUT2D eigenvalue weighted by molar-refractivity contribution is -0.136. The third kappa shape index (κ3) is 7.45. The van der Waals surface area contributed by atoms with Gasteiger partial charge < -0.3 is 44.6 Å². The second-order valence-corrected chi connectivity index (χ2v) is 16.9. The molecule has 0 bridgehead atoms. The van der Waals surface area contributed by atoms with Crippen LogP contribution in [0, 0.1) is 11.8 Å². The number of alkyl carbamates (subject to hydrolysis) is 2. The Morgan fingerprint density at radius 1 is 0.855 bits per heavy atom. The first-order valence-corrected chi connectivity index (χ1v) is 21.1. The van der Waals surface area contributed by atoms with Crippen molar-refractivity contribution in [3.8, 4) is 28.1 Å². The largest absolute Gasteiger partial charge is 0.488 e. The van der Waals surface area contributed by atoms with Gasteiger partial charge in [-0.1, -0.05) is 69.3 Å². The predicted octanol–water partition coefficient (Wildman–Crippen LogP) is 7.72. The minimum Gasteiger partial charge on any atom is -0.488 e. The first-order chi connectivity index (χ1) is 30.0. The number of hydrogen-bond acceptors (Lipinski definition) is 9. The number of ether oxygens (including phenoxy) is 3. The zero-order chi connectivity index (χ0) is 43.2. The summed E-state index contributed by atoms with van der Waals surface area (Å²) in [5.74, 6) is 1.88. The van der Waals surface area contributed by atoms with Crippen molar-refractivity contribution < 1.29 is 33.4 Å². The molecule has 2 fully saturated rings. The fraction of sp³-hybridized carbons (Fsp3) is 0.362. The van der Waals surface area contributed by atoms with E-state index in [2.05, 4.69) is 63.9 Å². The molecule has 0 spiro atoms. The topological polar surface area (TPSA) is 184 Å². The summed E-state index contributed by atoms with van der Waals surface area (Å²) in [5.41, 5.74) is 7.21. The normalized spacial score (nSPS) is 19.2. The maximum absolute atomic E-state index is 14.2. The van der Waals surface area contributed by atoms with Gasteiger partial charge in [-0.2, -0.15) is 0 Å². The Morgan fingerprint density at radius 3 is 2.42 bits per heavy atom. The van der Waals surface area contributed by atoms with E-state index in [-0.39, 0.29) is 35.7 Å². The highest BCUT2D eigenvalue weighted by atomic mass is 16.5. The van der Waals surface area contributed by atoms with E-state index in [0.717, 1.165) is 68.3 Å². The van der Waals surface area contributed by atoms with E-state index >= 15 is 0 Å². The minimum absolute atomic E-state index is 0.121. The number of nitrogens with one attached hydrogen (secondary N) is 4. The number of fused-ring (bicyclic) bond motifs is 6. The van der Waals surface area contributed by atoms with Crippen LogP contribution in [0.15, 0.2) is 79.0 Å². The maximum Gasteiger partial charge on any atom is 0.407 e. The van der Waals surface area contributed by atoms with Gasteiger partial charge in [-0.05, 0) is 83.0 Å². The van der Waals surface area contributed by atoms with Crippen molar-refractivity contribution >= 4 is 45.8 Å². The van der Waals surface area contributed by atoms with Gasteiger partial charge in [0.2, 0.25) is 5.91 Å². The highest BCUT2D eigenvalue weighted by molar-refractivity contribution is 6.07. The average Bonchev–Trinajstić information content (AvgIpc) is 4.12. The van der Waals surface area contributed by atoms with Crippen molar-refractivity contribution in [3.63, 3.8) is 0 Å². The molecule has 15 heteroatoms. The number of hydrogen-bond donors (Lipinski definition) is 4. The standard InChI is InChI=1S/C47H50N8O7/c1-25(2)39(52-46(58)60-4)44(56)54-17-9-12-36(54)42-48-22-35(50-42)29-13-15-31-30(19-29)24-62-38-21-32-28(20-33(31)38)14-16-34-41(32)51-43(49-34)37-18-26(3)23-55(37)45(57)40(53-47(59)61-5)27-10-7-6-8-11-27/h6-8,10-11,13-16,19-22,25-26,36-37,39-40H,9,12,17-18,23-24H2,1-5H3,(H,48,50)(H,49,51)(H,52,58)(H,53,59)/t26-,36-,37-,39-,40+/m0/s1. The lowest BCUT2D eigenvalue weighted by Gasteiger charge is -2.30. The zero-order valence-electron chi connectivity index (χ0n) is 35.4. The van der Waals surface area contributed by atoms with Crippen molar-refractivity contribution in [2.24, 2.45) is 11.8 Å². The number of amides is 4. The third-order valence-electron chi connectivity index (χ3n) is 12.5. The van der Waals surface area contributed by atoms with Gasteiger partial charge in [0.25, 0.3) is 5.91 Å². The molecular weight excluding hydrogens is 789 g/mol. The monoisotopic (exact) mass is 838 g/mol. The molecule has 3 aliphatic rings. The number of H-pyrrole nitrogens is 2. The van der Waals surface area contributed by atoms with Gasteiger partial charge in [0.15, 0.2) is 0 Å². The van der Waals surface area contributed by atoms with Gasteiger partial charge in [0.1, 0.15) is 36.1 Å². The zero-order valence-corrected chi connectivity index (χ0v) is 35.4. The average molecular weight is 839 g/mol. The molecule has 5 atom stereocenters. The van der Waals surface area contributed by atoms with E-state index < -0.39 is 24.3 Å². The first-order valence-electron chi connectivity index (χ1n) is 21.1. The molecule has 0 unspecified atom stereocenters. The number of likely N-dealkylation sites (tertiary alicyclic amines) is 2. The number of benzene rings is 4. The van der Waals surface area contributed by atoms with Crippen molar-refractivity contribution in [1.82, 2.24) is 40.4 Å². The highest BCUT2D eigenvalue weighted by Gasteiger charge is 2.41. The van der Waals surface area contributed by atoms with Crippen molar-refractivity contribution in [1.29, 1.82) is 0 Å². The number of carbonyl (C=O) groups excluding carboxylic acids is 4. The molecule has 6 aromatic rings. The van der Waals surface area contributed by atoms with Crippen LogP contribution >= 0.6 is 0 Å². The van der Waals surface area contributed by atoms with Crippen LogP contribution in [0.25, 0.3) is 44.2 Å². The molecule has 4 N–H and O–H groups in total. The Balaban J connectivity index is 0.967. The molecular formula is C47H50N8O7. The second kappa shape index (κ2) is 16.5. The number of aromatic amines is 2. The van der Waals surface area contributed by atoms with Crippen LogP contribution in [0.4, 0.5) is 9.59 Å². The predicted molar refractivity (Wildman–Crippen MR) is 232 cm³/mol. The quantitative estimate of drug-likeness (QED) is 0.113. The minimum atomic E-state index is -0.914. The SMILES string of the molecule is COC(=O)N[C@H](C(=O)N1CCC[C@H]1c1ncc(-c2ccc3c(c2)COc2cc4c(ccc5[nH]c([C@@H]6C[C@H](C)CN6C(=O)[C@H](NC(=O)OC)c6ccccc6)nc54)cc2-3)[nH]1)C(C)C. The summed E-state index contributed by atoms with van der Waals surface area (Å²) >= 11 is 0. The molecule has 9 rings (SSSR count). The second-order valence-electron chi connectivity index (χ2n) is 16.9. The molecule has 5 heterocycles. The van der Waals surface area contributed by atoms with Gasteiger partial charge in [-0.3, -0.25) is 9.59 Å². The van der Waals surface area contributed by atoms with E-state index in [1.165, 1.54) is 14.2 Å². The van der Waals surface area contributed by atoms with Crippen LogP contribution in [-0.2, 0) is 25.7 Å². The van der Waals surface area contributed by atoms with E-state index in [1.54, 1.807) is 6.20 Å². The van der Waals surface area contributed by atoms with E-state index in [1.807, 2.05) is 60.0 Å².